The first-order valence-electron chi connectivity index (χ1n) is 28.7. The first-order valence-corrected chi connectivity index (χ1v) is 28.7. The van der Waals surface area contributed by atoms with Gasteiger partial charge in [0.25, 0.3) is 0 Å². The zero-order valence-electron chi connectivity index (χ0n) is 46.5. The molecular formula is C68H100O6. The second-order valence-corrected chi connectivity index (χ2v) is 18.1. The Bertz CT molecular complexity index is 1830. The highest BCUT2D eigenvalue weighted by molar-refractivity contribution is 5.71. The fraction of sp³-hybridized carbons (Fsp3) is 0.485. The average molecular weight is 1010 g/mol. The van der Waals surface area contributed by atoms with Crippen LogP contribution in [0.1, 0.15) is 194 Å². The van der Waals surface area contributed by atoms with Crippen molar-refractivity contribution in [3.63, 3.8) is 0 Å². The standard InChI is InChI=1S/C68H100O6/c1-4-7-10-13-16-19-22-25-28-31-34-37-40-43-46-49-52-55-58-61-67(70)73-64-65(63-72-66(69)60-57-54-51-48-45-42-39-36-33-30-27-24-21-18-15-12-9-6-3)74-68(71)62-59-56-53-50-47-44-41-38-35-32-29-26-23-20-17-14-11-8-5-2/h7-8,10-11,13-14,16-17,19-20,22-23,25-26,28-41,43-44,46-47,65H,4-6,9,12,15,18,21,24,27,42,45,48-64H2,1-3H3/b10-7-,11-8-,16-13-,17-14-,22-19-,23-20-,28-25-,29-26-,33-30-,34-31+,35-32+,39-36-,40-37-,41-38-,46-43-,47-44-. The molecule has 0 saturated heterocycles. The molecule has 0 radical (unpaired) electrons. The van der Waals surface area contributed by atoms with Crippen LogP contribution in [0.5, 0.6) is 0 Å². The molecule has 0 bridgehead atoms. The lowest BCUT2D eigenvalue weighted by molar-refractivity contribution is -0.167. The summed E-state index contributed by atoms with van der Waals surface area (Å²) >= 11 is 0. The molecule has 0 saturated carbocycles. The zero-order valence-corrected chi connectivity index (χ0v) is 46.5. The van der Waals surface area contributed by atoms with Crippen molar-refractivity contribution >= 4 is 17.9 Å². The smallest absolute Gasteiger partial charge is 0.306 e. The molecule has 0 aromatic rings. The Morgan fingerprint density at radius 1 is 0.284 bits per heavy atom. The van der Waals surface area contributed by atoms with E-state index in [1.54, 1.807) is 0 Å². The quantitative estimate of drug-likeness (QED) is 0.0262. The predicted octanol–water partition coefficient (Wildman–Crippen LogP) is 19.5. The van der Waals surface area contributed by atoms with Crippen LogP contribution in [0.3, 0.4) is 0 Å². The third-order valence-electron chi connectivity index (χ3n) is 11.2. The number of ether oxygens (including phenoxy) is 3. The van der Waals surface area contributed by atoms with E-state index < -0.39 is 6.10 Å². The summed E-state index contributed by atoms with van der Waals surface area (Å²) in [6.45, 7) is 6.22. The second kappa shape index (κ2) is 59.8. The summed E-state index contributed by atoms with van der Waals surface area (Å²) in [5, 5.41) is 0. The van der Waals surface area contributed by atoms with Gasteiger partial charge in [-0.1, -0.05) is 286 Å². The Morgan fingerprint density at radius 3 is 0.851 bits per heavy atom. The minimum absolute atomic E-state index is 0.132. The summed E-state index contributed by atoms with van der Waals surface area (Å²) in [4.78, 5) is 38.2. The molecule has 0 amide bonds. The fourth-order valence-corrected chi connectivity index (χ4v) is 6.99. The molecule has 0 spiro atoms. The van der Waals surface area contributed by atoms with Gasteiger partial charge >= 0.3 is 17.9 Å². The molecule has 0 aliphatic rings. The van der Waals surface area contributed by atoms with Crippen molar-refractivity contribution in [2.24, 2.45) is 0 Å². The maximum Gasteiger partial charge on any atom is 0.306 e. The molecule has 1 unspecified atom stereocenters. The molecule has 6 heteroatoms. The fourth-order valence-electron chi connectivity index (χ4n) is 6.99. The molecule has 0 aliphatic carbocycles. The molecule has 0 aliphatic heterocycles. The van der Waals surface area contributed by atoms with Crippen molar-refractivity contribution in [3.05, 3.63) is 194 Å². The summed E-state index contributed by atoms with van der Waals surface area (Å²) < 4.78 is 16.8. The van der Waals surface area contributed by atoms with Gasteiger partial charge in [0.05, 0.1) is 0 Å². The Kier molecular flexibility index (Phi) is 55.2. The summed E-state index contributed by atoms with van der Waals surface area (Å²) in [6.07, 6.45) is 91.2. The minimum atomic E-state index is -0.842. The highest BCUT2D eigenvalue weighted by Gasteiger charge is 2.19. The van der Waals surface area contributed by atoms with E-state index in [2.05, 4.69) is 69.4 Å². The van der Waals surface area contributed by atoms with E-state index in [4.69, 9.17) is 14.2 Å². The van der Waals surface area contributed by atoms with Gasteiger partial charge in [0.2, 0.25) is 0 Å². The van der Waals surface area contributed by atoms with Gasteiger partial charge in [0.1, 0.15) is 13.2 Å². The van der Waals surface area contributed by atoms with Gasteiger partial charge in [-0.2, -0.15) is 0 Å². The van der Waals surface area contributed by atoms with E-state index in [-0.39, 0.29) is 44.0 Å². The Morgan fingerprint density at radius 2 is 0.527 bits per heavy atom. The molecular weight excluding hydrogens is 913 g/mol. The van der Waals surface area contributed by atoms with Crippen LogP contribution < -0.4 is 0 Å². The van der Waals surface area contributed by atoms with Crippen LogP contribution in [-0.4, -0.2) is 37.2 Å². The van der Waals surface area contributed by atoms with E-state index in [1.807, 2.05) is 146 Å². The van der Waals surface area contributed by atoms with Gasteiger partial charge in [-0.05, 0) is 83.5 Å². The highest BCUT2D eigenvalue weighted by atomic mass is 16.6. The van der Waals surface area contributed by atoms with Crippen molar-refractivity contribution in [3.8, 4) is 0 Å². The minimum Gasteiger partial charge on any atom is -0.462 e. The molecule has 1 atom stereocenters. The number of hydrogen-bond donors (Lipinski definition) is 0. The molecule has 0 aromatic heterocycles. The number of allylic oxidation sites excluding steroid dienone is 32. The third-order valence-corrected chi connectivity index (χ3v) is 11.2. The number of carbonyl (C=O) groups is 3. The topological polar surface area (TPSA) is 78.9 Å². The molecule has 6 nitrogen and oxygen atoms in total. The van der Waals surface area contributed by atoms with Crippen molar-refractivity contribution in [2.75, 3.05) is 13.2 Å². The summed E-state index contributed by atoms with van der Waals surface area (Å²) in [5.74, 6) is -1.05. The van der Waals surface area contributed by atoms with E-state index in [0.29, 0.717) is 19.3 Å². The monoisotopic (exact) mass is 1010 g/mol. The predicted molar refractivity (Wildman–Crippen MR) is 320 cm³/mol. The van der Waals surface area contributed by atoms with Gasteiger partial charge in [-0.25, -0.2) is 0 Å². The highest BCUT2D eigenvalue weighted by Crippen LogP contribution is 2.12. The molecule has 0 heterocycles. The van der Waals surface area contributed by atoms with Crippen molar-refractivity contribution in [1.82, 2.24) is 0 Å². The van der Waals surface area contributed by atoms with Crippen LogP contribution in [0.25, 0.3) is 0 Å². The SMILES string of the molecule is CC\C=C/C=C\C=C/C=C\C=C\C=C/C=C\CCCCCC(=O)OCC(COC(=O)CCCCCCC/C=C\C=C/CCCCCCCCC)OC(=O)CCCCC\C=C/C=C\C=C\C=C/C=C\C=C/C=C\CC. The first-order chi connectivity index (χ1) is 36.5. The van der Waals surface area contributed by atoms with Gasteiger partial charge in [-0.3, -0.25) is 14.4 Å². The number of unbranched alkanes of at least 4 members (excludes halogenated alkanes) is 18. The van der Waals surface area contributed by atoms with Gasteiger partial charge < -0.3 is 14.2 Å². The first kappa shape index (κ1) is 68.2. The van der Waals surface area contributed by atoms with Crippen molar-refractivity contribution in [2.45, 2.75) is 200 Å². The normalized spacial score (nSPS) is 13.6. The van der Waals surface area contributed by atoms with Gasteiger partial charge in [-0.15, -0.1) is 0 Å². The largest absolute Gasteiger partial charge is 0.462 e. The number of esters is 3. The third kappa shape index (κ3) is 57.2. The number of carbonyl (C=O) groups excluding carboxylic acids is 3. The van der Waals surface area contributed by atoms with Crippen LogP contribution in [0.15, 0.2) is 194 Å². The summed E-state index contributed by atoms with van der Waals surface area (Å²) in [6, 6.07) is 0. The van der Waals surface area contributed by atoms with Crippen molar-refractivity contribution in [1.29, 1.82) is 0 Å². The molecule has 0 N–H and O–H groups in total. The summed E-state index contributed by atoms with van der Waals surface area (Å²) in [7, 11) is 0. The molecule has 0 aromatic carbocycles. The Labute approximate surface area is 452 Å². The number of rotatable bonds is 48. The van der Waals surface area contributed by atoms with E-state index >= 15 is 0 Å². The maximum atomic E-state index is 12.9. The zero-order chi connectivity index (χ0) is 53.6. The van der Waals surface area contributed by atoms with Gasteiger partial charge in [0.15, 0.2) is 6.10 Å². The van der Waals surface area contributed by atoms with E-state index in [1.165, 1.54) is 44.9 Å². The van der Waals surface area contributed by atoms with Crippen LogP contribution >= 0.6 is 0 Å². The maximum absolute atomic E-state index is 12.9. The van der Waals surface area contributed by atoms with Crippen LogP contribution in [0.2, 0.25) is 0 Å². The van der Waals surface area contributed by atoms with Crippen LogP contribution in [0.4, 0.5) is 0 Å². The molecule has 408 valence electrons. The lowest BCUT2D eigenvalue weighted by Gasteiger charge is -2.18. The van der Waals surface area contributed by atoms with Crippen LogP contribution in [-0.2, 0) is 28.6 Å². The van der Waals surface area contributed by atoms with Gasteiger partial charge in [0, 0.05) is 19.3 Å². The lowest BCUT2D eigenvalue weighted by atomic mass is 10.1. The van der Waals surface area contributed by atoms with E-state index in [9.17, 15) is 14.4 Å². The molecule has 74 heavy (non-hydrogen) atoms. The molecule has 0 rings (SSSR count). The Balaban J connectivity index is 4.68. The van der Waals surface area contributed by atoms with Crippen molar-refractivity contribution < 1.29 is 28.6 Å². The molecule has 0 fully saturated rings. The van der Waals surface area contributed by atoms with E-state index in [0.717, 1.165) is 96.3 Å². The number of hydrogen-bond acceptors (Lipinski definition) is 6. The Hall–Kier alpha value is -5.75. The second-order valence-electron chi connectivity index (χ2n) is 18.1. The van der Waals surface area contributed by atoms with Crippen LogP contribution in [0, 0.1) is 0 Å². The lowest BCUT2D eigenvalue weighted by Crippen LogP contribution is -2.30. The average Bonchev–Trinajstić information content (AvgIpc) is 3.40. The summed E-state index contributed by atoms with van der Waals surface area (Å²) in [5.41, 5.74) is 0.